The number of allylic oxidation sites excluding steroid dienone is 5. The molecule has 57 heavy (non-hydrogen) atoms. The maximum atomic E-state index is 14.0. The van der Waals surface area contributed by atoms with Crippen molar-refractivity contribution in [2.45, 2.75) is 166 Å². The van der Waals surface area contributed by atoms with Gasteiger partial charge in [0.1, 0.15) is 42.7 Å². The van der Waals surface area contributed by atoms with Crippen molar-refractivity contribution >= 4 is 11.8 Å². The highest BCUT2D eigenvalue weighted by Gasteiger charge is 2.57. The average molecular weight is 811 g/mol. The van der Waals surface area contributed by atoms with E-state index in [-0.39, 0.29) is 25.9 Å². The third-order valence-corrected chi connectivity index (χ3v) is 12.3. The Labute approximate surface area is 336 Å². The summed E-state index contributed by atoms with van der Waals surface area (Å²) in [4.78, 5) is 27.8. The van der Waals surface area contributed by atoms with Crippen molar-refractivity contribution in [2.24, 2.45) is 23.2 Å². The largest absolute Gasteiger partial charge is 0.457 e. The van der Waals surface area contributed by atoms with Crippen LogP contribution >= 0.6 is 0 Å². The molecular formula is C42H66O15. The monoisotopic (exact) mass is 810 g/mol. The molecule has 0 aromatic rings. The number of hydrogen-bond donors (Lipinski definition) is 3. The Bertz CT molecular complexity index is 1430. The number of carbonyl (C=O) groups is 2. The van der Waals surface area contributed by atoms with Gasteiger partial charge in [0.25, 0.3) is 0 Å². The fourth-order valence-corrected chi connectivity index (χ4v) is 8.48. The maximum absolute atomic E-state index is 14.0. The molecule has 5 aliphatic heterocycles. The maximum Gasteiger partial charge on any atom is 0.309 e. The van der Waals surface area contributed by atoms with Gasteiger partial charge in [-0.15, -0.1) is 0 Å². The fourth-order valence-electron chi connectivity index (χ4n) is 8.48. The van der Waals surface area contributed by atoms with E-state index in [1.54, 1.807) is 19.9 Å². The number of ether oxygens (including phenoxy) is 10. The van der Waals surface area contributed by atoms with Gasteiger partial charge >= 0.3 is 5.97 Å². The molecule has 324 valence electrons. The van der Waals surface area contributed by atoms with Gasteiger partial charge in [-0.25, -0.2) is 0 Å². The molecule has 0 aromatic carbocycles. The van der Waals surface area contributed by atoms with E-state index in [0.717, 1.165) is 0 Å². The Hall–Kier alpha value is -2.12. The van der Waals surface area contributed by atoms with Crippen LogP contribution in [0.5, 0.6) is 0 Å². The zero-order valence-corrected chi connectivity index (χ0v) is 35.1. The minimum Gasteiger partial charge on any atom is -0.457 e. The summed E-state index contributed by atoms with van der Waals surface area (Å²) in [6.07, 6.45) is -0.308. The molecule has 15 nitrogen and oxygen atoms in total. The van der Waals surface area contributed by atoms with Crippen LogP contribution in [0.3, 0.4) is 0 Å². The highest BCUT2D eigenvalue weighted by atomic mass is 16.7. The Kier molecular flexibility index (Phi) is 15.7. The predicted molar refractivity (Wildman–Crippen MR) is 204 cm³/mol. The van der Waals surface area contributed by atoms with Crippen LogP contribution in [0.2, 0.25) is 0 Å². The van der Waals surface area contributed by atoms with Crippen molar-refractivity contribution in [1.29, 1.82) is 0 Å². The second kappa shape index (κ2) is 19.5. The third-order valence-electron chi connectivity index (χ3n) is 12.3. The lowest BCUT2D eigenvalue weighted by atomic mass is 9.77. The summed E-state index contributed by atoms with van der Waals surface area (Å²) < 4.78 is 60.8. The van der Waals surface area contributed by atoms with Crippen LogP contribution in [-0.2, 0) is 57.0 Å². The number of rotatable bonds is 11. The van der Waals surface area contributed by atoms with Gasteiger partial charge < -0.3 is 62.7 Å². The van der Waals surface area contributed by atoms with Crippen molar-refractivity contribution in [2.75, 3.05) is 27.9 Å². The summed E-state index contributed by atoms with van der Waals surface area (Å²) in [5.74, 6) is -3.63. The molecule has 4 bridgehead atoms. The SMILES string of the molecule is CO[C@@H]1[C@@H](O[C@H]2[C@H](OC)[C@@H](O[C@H]3C[C@H]4CC(=O)[C@]5(O)O[C@@H](C[C@@H]5C)C(C)(C)[C@H](/C=C/C=C/C=C/C(C)C)OC(=O)C[C@H](O4)[C@@H]3C)OC[C@@H]2O)O[C@@H](C)[C@H](O)[C@H]1OC. The van der Waals surface area contributed by atoms with Crippen LogP contribution in [0.4, 0.5) is 0 Å². The zero-order chi connectivity index (χ0) is 41.8. The van der Waals surface area contributed by atoms with Crippen molar-refractivity contribution < 1.29 is 72.3 Å². The molecule has 5 aliphatic rings. The predicted octanol–water partition coefficient (Wildman–Crippen LogP) is 3.16. The van der Waals surface area contributed by atoms with E-state index in [1.165, 1.54) is 21.3 Å². The van der Waals surface area contributed by atoms with E-state index in [4.69, 9.17) is 47.4 Å². The van der Waals surface area contributed by atoms with Crippen LogP contribution in [0.15, 0.2) is 36.5 Å². The van der Waals surface area contributed by atoms with Gasteiger partial charge in [0.05, 0.1) is 43.5 Å². The number of carbonyl (C=O) groups excluding carboxylic acids is 2. The van der Waals surface area contributed by atoms with E-state index < -0.39 is 121 Å². The quantitative estimate of drug-likeness (QED) is 0.204. The first kappa shape index (κ1) is 46.0. The van der Waals surface area contributed by atoms with Crippen LogP contribution in [0, 0.1) is 23.2 Å². The molecule has 0 radical (unpaired) electrons. The normalized spacial score (nSPS) is 44.7. The lowest BCUT2D eigenvalue weighted by Crippen LogP contribution is -2.63. The molecule has 15 heteroatoms. The standard InChI is InChI=1S/C42H66O15/c1-22(2)15-13-11-12-14-16-31-41(6,7)32-17-23(3)42(47,57-32)30(44)19-26-18-28(24(4)29(53-26)20-33(45)55-31)54-39-37(49-9)35(27(43)21-51-39)56-40-38(50-10)36(48-8)34(46)25(5)52-40/h11-16,22-29,31-32,34-40,43,46-47H,17-21H2,1-10H3/b12-11+,15-13+,16-14+/t23-,24+,25-,26-,27-,28-,29-,31-,32-,34-,35+,36+,37-,38-,39+,40+,42+/m0/s1. The highest BCUT2D eigenvalue weighted by molar-refractivity contribution is 5.86. The van der Waals surface area contributed by atoms with Gasteiger partial charge in [-0.2, -0.15) is 0 Å². The first-order valence-corrected chi connectivity index (χ1v) is 20.3. The Morgan fingerprint density at radius 1 is 0.825 bits per heavy atom. The average Bonchev–Trinajstić information content (AvgIpc) is 3.48. The molecule has 5 fully saturated rings. The topological polar surface area (TPSA) is 187 Å². The van der Waals surface area contributed by atoms with E-state index in [2.05, 4.69) is 19.9 Å². The highest BCUT2D eigenvalue weighted by Crippen LogP contribution is 2.46. The second-order valence-corrected chi connectivity index (χ2v) is 17.1. The summed E-state index contributed by atoms with van der Waals surface area (Å²) in [7, 11) is 4.34. The number of cyclic esters (lactones) is 1. The number of Topliss-reactive ketones (excluding diaryl/α,β-unsaturated/α-hetero) is 1. The minimum atomic E-state index is -2.07. The Balaban J connectivity index is 1.38. The molecule has 0 aliphatic carbocycles. The number of methoxy groups -OCH3 is 3. The summed E-state index contributed by atoms with van der Waals surface area (Å²) in [6.45, 7) is 13.2. The van der Waals surface area contributed by atoms with Crippen LogP contribution in [0.25, 0.3) is 0 Å². The summed E-state index contributed by atoms with van der Waals surface area (Å²) in [5, 5.41) is 33.6. The second-order valence-electron chi connectivity index (χ2n) is 17.1. The summed E-state index contributed by atoms with van der Waals surface area (Å²) in [6, 6.07) is 0. The van der Waals surface area contributed by atoms with E-state index >= 15 is 0 Å². The molecule has 0 aromatic heterocycles. The van der Waals surface area contributed by atoms with Crippen LogP contribution < -0.4 is 0 Å². The van der Waals surface area contributed by atoms with Gasteiger partial charge in [0, 0.05) is 51.4 Å². The summed E-state index contributed by atoms with van der Waals surface area (Å²) in [5.41, 5.74) is -0.820. The van der Waals surface area contributed by atoms with Gasteiger partial charge in [-0.05, 0) is 25.3 Å². The lowest BCUT2D eigenvalue weighted by Gasteiger charge is -2.47. The van der Waals surface area contributed by atoms with Crippen molar-refractivity contribution in [3.05, 3.63) is 36.5 Å². The molecule has 0 unspecified atom stereocenters. The van der Waals surface area contributed by atoms with E-state index in [0.29, 0.717) is 12.3 Å². The van der Waals surface area contributed by atoms with E-state index in [1.807, 2.05) is 45.1 Å². The molecule has 17 atom stereocenters. The Morgan fingerprint density at radius 3 is 2.16 bits per heavy atom. The molecule has 5 heterocycles. The van der Waals surface area contributed by atoms with Gasteiger partial charge in [0.15, 0.2) is 18.4 Å². The van der Waals surface area contributed by atoms with Crippen LogP contribution in [0.1, 0.15) is 74.1 Å². The summed E-state index contributed by atoms with van der Waals surface area (Å²) >= 11 is 0. The number of aliphatic hydroxyl groups excluding tert-OH is 2. The smallest absolute Gasteiger partial charge is 0.309 e. The van der Waals surface area contributed by atoms with Gasteiger partial charge in [-0.3, -0.25) is 9.59 Å². The zero-order valence-electron chi connectivity index (χ0n) is 35.1. The van der Waals surface area contributed by atoms with Crippen molar-refractivity contribution in [3.63, 3.8) is 0 Å². The molecule has 0 amide bonds. The molecule has 5 rings (SSSR count). The van der Waals surface area contributed by atoms with Crippen molar-refractivity contribution in [3.8, 4) is 0 Å². The molecular weight excluding hydrogens is 744 g/mol. The van der Waals surface area contributed by atoms with Gasteiger partial charge in [-0.1, -0.05) is 71.9 Å². The number of aliphatic hydroxyl groups is 3. The molecule has 3 N–H and O–H groups in total. The first-order chi connectivity index (χ1) is 26.9. The third kappa shape index (κ3) is 10.3. The molecule has 0 spiro atoms. The minimum absolute atomic E-state index is 0.128. The van der Waals surface area contributed by atoms with Gasteiger partial charge in [0.2, 0.25) is 5.79 Å². The number of ketones is 1. The first-order valence-electron chi connectivity index (χ1n) is 20.3. The van der Waals surface area contributed by atoms with E-state index in [9.17, 15) is 24.9 Å². The lowest BCUT2D eigenvalue weighted by molar-refractivity contribution is -0.357. The molecule has 0 saturated carbocycles. The molecule has 5 saturated heterocycles. The van der Waals surface area contributed by atoms with Crippen LogP contribution in [-0.4, -0.2) is 147 Å². The van der Waals surface area contributed by atoms with Crippen molar-refractivity contribution in [1.82, 2.24) is 0 Å². The number of esters is 1. The fraction of sp³-hybridized carbons (Fsp3) is 0.810. The Morgan fingerprint density at radius 2 is 1.49 bits per heavy atom. The number of hydrogen-bond acceptors (Lipinski definition) is 15. The number of fused-ring (bicyclic) bond motifs is 4.